The summed E-state index contributed by atoms with van der Waals surface area (Å²) >= 11 is 0. The maximum atomic E-state index is 12.0. The molecule has 134 valence electrons. The van der Waals surface area contributed by atoms with E-state index in [0.29, 0.717) is 5.56 Å². The number of carbonyl (C=O) groups excluding carboxylic acids is 1. The van der Waals surface area contributed by atoms with Gasteiger partial charge in [0, 0.05) is 5.56 Å². The Hall–Kier alpha value is -2.21. The van der Waals surface area contributed by atoms with Gasteiger partial charge in [-0.25, -0.2) is 0 Å². The van der Waals surface area contributed by atoms with Crippen LogP contribution in [0.3, 0.4) is 0 Å². The van der Waals surface area contributed by atoms with Crippen molar-refractivity contribution in [1.82, 2.24) is 5.32 Å². The first-order chi connectivity index (χ1) is 12.1. The van der Waals surface area contributed by atoms with Gasteiger partial charge in [0.15, 0.2) is 0 Å². The SMILES string of the molecule is CCC[C@@H](O)c1ccc(-c2ccc(C(=O)NC(CO)CO)cc2)cc1. The van der Waals surface area contributed by atoms with Gasteiger partial charge in [-0.3, -0.25) is 4.79 Å². The van der Waals surface area contributed by atoms with Gasteiger partial charge in [0.2, 0.25) is 0 Å². The van der Waals surface area contributed by atoms with Crippen LogP contribution < -0.4 is 5.32 Å². The minimum absolute atomic E-state index is 0.309. The lowest BCUT2D eigenvalue weighted by atomic mass is 9.99. The minimum Gasteiger partial charge on any atom is -0.394 e. The first-order valence-electron chi connectivity index (χ1n) is 8.50. The fourth-order valence-electron chi connectivity index (χ4n) is 2.57. The molecule has 2 aromatic carbocycles. The van der Waals surface area contributed by atoms with E-state index >= 15 is 0 Å². The van der Waals surface area contributed by atoms with E-state index in [1.807, 2.05) is 43.3 Å². The van der Waals surface area contributed by atoms with Gasteiger partial charge in [-0.1, -0.05) is 49.7 Å². The van der Waals surface area contributed by atoms with Gasteiger partial charge in [0.1, 0.15) is 0 Å². The molecule has 0 saturated carbocycles. The largest absolute Gasteiger partial charge is 0.394 e. The van der Waals surface area contributed by atoms with E-state index in [9.17, 15) is 9.90 Å². The molecule has 2 aromatic rings. The van der Waals surface area contributed by atoms with E-state index in [0.717, 1.165) is 29.5 Å². The summed E-state index contributed by atoms with van der Waals surface area (Å²) in [5, 5.41) is 30.6. The molecule has 0 aliphatic rings. The van der Waals surface area contributed by atoms with Crippen molar-refractivity contribution in [2.24, 2.45) is 0 Å². The van der Waals surface area contributed by atoms with Gasteiger partial charge in [-0.15, -0.1) is 0 Å². The highest BCUT2D eigenvalue weighted by Crippen LogP contribution is 2.24. The fourth-order valence-corrected chi connectivity index (χ4v) is 2.57. The summed E-state index contributed by atoms with van der Waals surface area (Å²) in [5.41, 5.74) is 3.34. The van der Waals surface area contributed by atoms with Crippen molar-refractivity contribution in [3.05, 3.63) is 59.7 Å². The zero-order chi connectivity index (χ0) is 18.2. The highest BCUT2D eigenvalue weighted by molar-refractivity contribution is 5.94. The Morgan fingerprint density at radius 2 is 1.48 bits per heavy atom. The van der Waals surface area contributed by atoms with Crippen molar-refractivity contribution in [3.8, 4) is 11.1 Å². The zero-order valence-electron chi connectivity index (χ0n) is 14.4. The number of hydrogen-bond donors (Lipinski definition) is 4. The average molecular weight is 343 g/mol. The lowest BCUT2D eigenvalue weighted by Crippen LogP contribution is -2.40. The molecular formula is C20H25NO4. The standard InChI is InChI=1S/C20H25NO4/c1-2-3-19(24)16-8-4-14(5-9-16)15-6-10-17(11-7-15)20(25)21-18(12-22)13-23/h4-11,18-19,22-24H,2-3,12-13H2,1H3,(H,21,25)/t19-/m1/s1. The van der Waals surface area contributed by atoms with E-state index in [1.54, 1.807) is 12.1 Å². The molecule has 0 aliphatic heterocycles. The Balaban J connectivity index is 2.08. The number of carbonyl (C=O) groups is 1. The van der Waals surface area contributed by atoms with Gasteiger partial charge in [0.05, 0.1) is 25.4 Å². The number of benzene rings is 2. The van der Waals surface area contributed by atoms with Crippen LogP contribution in [0.2, 0.25) is 0 Å². The first kappa shape index (κ1) is 19.1. The van der Waals surface area contributed by atoms with Crippen LogP contribution in [0.4, 0.5) is 0 Å². The zero-order valence-corrected chi connectivity index (χ0v) is 14.4. The summed E-state index contributed by atoms with van der Waals surface area (Å²) in [5.74, 6) is -0.335. The fraction of sp³-hybridized carbons (Fsp3) is 0.350. The van der Waals surface area contributed by atoms with Crippen molar-refractivity contribution in [3.63, 3.8) is 0 Å². The molecule has 0 bridgehead atoms. The second kappa shape index (κ2) is 9.32. The van der Waals surface area contributed by atoms with Crippen LogP contribution in [0.25, 0.3) is 11.1 Å². The van der Waals surface area contributed by atoms with Gasteiger partial charge in [-0.05, 0) is 35.2 Å². The summed E-state index contributed by atoms with van der Waals surface area (Å²) in [7, 11) is 0. The van der Waals surface area contributed by atoms with Gasteiger partial charge in [0.25, 0.3) is 5.91 Å². The van der Waals surface area contributed by atoms with E-state index in [1.165, 1.54) is 0 Å². The molecule has 0 spiro atoms. The van der Waals surface area contributed by atoms with Crippen LogP contribution in [-0.4, -0.2) is 40.5 Å². The maximum Gasteiger partial charge on any atom is 0.251 e. The summed E-state index contributed by atoms with van der Waals surface area (Å²) in [6.07, 6.45) is 1.24. The summed E-state index contributed by atoms with van der Waals surface area (Å²) in [6.45, 7) is 1.42. The van der Waals surface area contributed by atoms with Gasteiger partial charge < -0.3 is 20.6 Å². The molecule has 5 heteroatoms. The molecule has 0 radical (unpaired) electrons. The van der Waals surface area contributed by atoms with Crippen LogP contribution in [0.5, 0.6) is 0 Å². The van der Waals surface area contributed by atoms with Crippen LogP contribution in [0, 0.1) is 0 Å². The molecule has 0 unspecified atom stereocenters. The van der Waals surface area contributed by atoms with Crippen molar-refractivity contribution in [2.75, 3.05) is 13.2 Å². The molecule has 1 atom stereocenters. The molecule has 0 heterocycles. The summed E-state index contributed by atoms with van der Waals surface area (Å²) in [6, 6.07) is 14.2. The van der Waals surface area contributed by atoms with Crippen molar-refractivity contribution in [2.45, 2.75) is 31.9 Å². The molecule has 2 rings (SSSR count). The maximum absolute atomic E-state index is 12.0. The molecule has 5 nitrogen and oxygen atoms in total. The molecule has 1 amide bonds. The Labute approximate surface area is 148 Å². The minimum atomic E-state index is -0.658. The topological polar surface area (TPSA) is 89.8 Å². The van der Waals surface area contributed by atoms with Crippen molar-refractivity contribution >= 4 is 5.91 Å². The molecule has 0 aliphatic carbocycles. The number of aliphatic hydroxyl groups is 3. The second-order valence-electron chi connectivity index (χ2n) is 6.04. The third-order valence-corrected chi connectivity index (χ3v) is 4.11. The Morgan fingerprint density at radius 3 is 1.96 bits per heavy atom. The predicted octanol–water partition coefficient (Wildman–Crippen LogP) is 2.27. The molecule has 0 aromatic heterocycles. The molecule has 25 heavy (non-hydrogen) atoms. The van der Waals surface area contributed by atoms with Crippen molar-refractivity contribution in [1.29, 1.82) is 0 Å². The lowest BCUT2D eigenvalue weighted by Gasteiger charge is -2.13. The van der Waals surface area contributed by atoms with E-state index in [-0.39, 0.29) is 19.1 Å². The van der Waals surface area contributed by atoms with Crippen LogP contribution in [0.15, 0.2) is 48.5 Å². The Kier molecular flexibility index (Phi) is 7.13. The molecular weight excluding hydrogens is 318 g/mol. The average Bonchev–Trinajstić information content (AvgIpc) is 2.66. The normalized spacial score (nSPS) is 12.2. The summed E-state index contributed by atoms with van der Waals surface area (Å²) in [4.78, 5) is 12.0. The third kappa shape index (κ3) is 5.13. The Bertz CT molecular complexity index is 663. The number of aliphatic hydroxyl groups excluding tert-OH is 3. The monoisotopic (exact) mass is 343 g/mol. The molecule has 4 N–H and O–H groups in total. The number of nitrogens with one attached hydrogen (secondary N) is 1. The highest BCUT2D eigenvalue weighted by atomic mass is 16.3. The Morgan fingerprint density at radius 1 is 0.960 bits per heavy atom. The smallest absolute Gasteiger partial charge is 0.251 e. The van der Waals surface area contributed by atoms with E-state index in [2.05, 4.69) is 5.32 Å². The van der Waals surface area contributed by atoms with Crippen LogP contribution in [-0.2, 0) is 0 Å². The number of hydrogen-bond acceptors (Lipinski definition) is 4. The van der Waals surface area contributed by atoms with Crippen LogP contribution >= 0.6 is 0 Å². The molecule has 0 fully saturated rings. The highest BCUT2D eigenvalue weighted by Gasteiger charge is 2.12. The predicted molar refractivity (Wildman–Crippen MR) is 97.2 cm³/mol. The lowest BCUT2D eigenvalue weighted by molar-refractivity contribution is 0.0879. The second-order valence-corrected chi connectivity index (χ2v) is 6.04. The summed E-state index contributed by atoms with van der Waals surface area (Å²) < 4.78 is 0. The van der Waals surface area contributed by atoms with Gasteiger partial charge in [-0.2, -0.15) is 0 Å². The van der Waals surface area contributed by atoms with Crippen LogP contribution in [0.1, 0.15) is 41.8 Å². The number of rotatable bonds is 8. The van der Waals surface area contributed by atoms with E-state index < -0.39 is 12.1 Å². The quantitative estimate of drug-likeness (QED) is 0.592. The first-order valence-corrected chi connectivity index (χ1v) is 8.50. The molecule has 0 saturated heterocycles. The van der Waals surface area contributed by atoms with E-state index in [4.69, 9.17) is 10.2 Å². The number of amides is 1. The van der Waals surface area contributed by atoms with Crippen molar-refractivity contribution < 1.29 is 20.1 Å². The third-order valence-electron chi connectivity index (χ3n) is 4.11. The van der Waals surface area contributed by atoms with Gasteiger partial charge >= 0.3 is 0 Å².